The van der Waals surface area contributed by atoms with E-state index in [4.69, 9.17) is 24.0 Å². The number of esters is 3. The minimum Gasteiger partial charge on any atom is -0.462 e. The lowest BCUT2D eigenvalue weighted by Crippen LogP contribution is -2.64. The topological polar surface area (TPSA) is 118 Å². The van der Waals surface area contributed by atoms with Crippen LogP contribution in [0.1, 0.15) is 86.5 Å². The Labute approximate surface area is 241 Å². The lowest BCUT2D eigenvalue weighted by atomic mass is 9.57. The Bertz CT molecular complexity index is 1210. The van der Waals surface area contributed by atoms with Crippen LogP contribution in [0.15, 0.2) is 23.8 Å². The van der Waals surface area contributed by atoms with Crippen LogP contribution < -0.4 is 0 Å². The summed E-state index contributed by atoms with van der Waals surface area (Å²) in [6.45, 7) is 15.8. The van der Waals surface area contributed by atoms with Gasteiger partial charge < -0.3 is 19.3 Å². The van der Waals surface area contributed by atoms with Crippen molar-refractivity contribution in [1.82, 2.24) is 0 Å². The first-order valence-corrected chi connectivity index (χ1v) is 15.1. The van der Waals surface area contributed by atoms with Crippen molar-refractivity contribution in [3.63, 3.8) is 0 Å². The van der Waals surface area contributed by atoms with E-state index in [-0.39, 0.29) is 54.0 Å². The van der Waals surface area contributed by atoms with Gasteiger partial charge in [0.25, 0.3) is 0 Å². The molecule has 2 saturated heterocycles. The van der Waals surface area contributed by atoms with E-state index in [2.05, 4.69) is 20.4 Å². The van der Waals surface area contributed by atoms with Gasteiger partial charge in [0.05, 0.1) is 12.3 Å². The van der Waals surface area contributed by atoms with Crippen LogP contribution in [-0.4, -0.2) is 58.1 Å². The summed E-state index contributed by atoms with van der Waals surface area (Å²) >= 11 is 0. The molecule has 0 aromatic heterocycles. The number of hydrogen-bond acceptors (Lipinski definition) is 9. The highest BCUT2D eigenvalue weighted by molar-refractivity contribution is 5.88. The number of cyclic esters (lactones) is 2. The normalized spacial score (nSPS) is 47.4. The summed E-state index contributed by atoms with van der Waals surface area (Å²) in [5, 5.41) is 12.6. The molecule has 11 unspecified atom stereocenters. The standard InChI is InChI=1S/C32H44O9/c1-16-8-9-22(38-28(16)35)18(3)20-10-11-30(7)21(17(20)2)14-31-15-32(36)25(40-41-31)13-26(34)39-29(5,6)27(32)23(12-24(30)31)37-19(4)33/h8,18,20-25,27,36H,2,9-15H2,1,3-7H3. The highest BCUT2D eigenvalue weighted by Crippen LogP contribution is 2.70. The molecule has 3 saturated carbocycles. The Hall–Kier alpha value is -2.23. The zero-order valence-corrected chi connectivity index (χ0v) is 25.1. The second-order valence-corrected chi connectivity index (χ2v) is 14.5. The second-order valence-electron chi connectivity index (χ2n) is 14.5. The molecule has 11 atom stereocenters. The lowest BCUT2D eigenvalue weighted by molar-refractivity contribution is -0.452. The number of carbonyl (C=O) groups excluding carboxylic acids is 3. The molecule has 1 spiro atoms. The maximum Gasteiger partial charge on any atom is 0.333 e. The Kier molecular flexibility index (Phi) is 6.61. The van der Waals surface area contributed by atoms with Crippen molar-refractivity contribution in [2.24, 2.45) is 35.0 Å². The van der Waals surface area contributed by atoms with Crippen LogP contribution >= 0.6 is 0 Å². The van der Waals surface area contributed by atoms with Gasteiger partial charge in [0.2, 0.25) is 0 Å². The number of ether oxygens (including phenoxy) is 3. The van der Waals surface area contributed by atoms with Gasteiger partial charge in [-0.25, -0.2) is 14.6 Å². The lowest BCUT2D eigenvalue weighted by Gasteiger charge is -2.51. The van der Waals surface area contributed by atoms with Gasteiger partial charge in [-0.1, -0.05) is 32.1 Å². The predicted molar refractivity (Wildman–Crippen MR) is 146 cm³/mol. The summed E-state index contributed by atoms with van der Waals surface area (Å²) < 4.78 is 17.7. The maximum atomic E-state index is 12.8. The number of carbonyl (C=O) groups is 3. The minimum absolute atomic E-state index is 0.0696. The zero-order chi connectivity index (χ0) is 29.7. The average molecular weight is 573 g/mol. The van der Waals surface area contributed by atoms with E-state index in [1.54, 1.807) is 20.8 Å². The molecule has 2 bridgehead atoms. The minimum atomic E-state index is -1.51. The highest BCUT2D eigenvalue weighted by atomic mass is 17.2. The highest BCUT2D eigenvalue weighted by Gasteiger charge is 2.74. The Balaban J connectivity index is 1.36. The molecule has 0 aromatic carbocycles. The third-order valence-corrected chi connectivity index (χ3v) is 11.8. The Morgan fingerprint density at radius 3 is 2.66 bits per heavy atom. The van der Waals surface area contributed by atoms with Crippen LogP contribution in [0.25, 0.3) is 0 Å². The molecule has 6 aliphatic rings. The van der Waals surface area contributed by atoms with Crippen LogP contribution in [0, 0.1) is 35.0 Å². The van der Waals surface area contributed by atoms with Crippen molar-refractivity contribution in [3.8, 4) is 0 Å². The van der Waals surface area contributed by atoms with Gasteiger partial charge in [0, 0.05) is 31.3 Å². The quantitative estimate of drug-likeness (QED) is 0.228. The van der Waals surface area contributed by atoms with Gasteiger partial charge in [-0.2, -0.15) is 0 Å². The molecule has 3 aliphatic heterocycles. The summed E-state index contributed by atoms with van der Waals surface area (Å²) in [5.74, 6) is -1.63. The summed E-state index contributed by atoms with van der Waals surface area (Å²) in [6, 6.07) is 0. The fraction of sp³-hybridized carbons (Fsp3) is 0.781. The average Bonchev–Trinajstić information content (AvgIpc) is 2.98. The first kappa shape index (κ1) is 28.9. The largest absolute Gasteiger partial charge is 0.462 e. The number of allylic oxidation sites excluding steroid dienone is 1. The molecule has 226 valence electrons. The molecule has 41 heavy (non-hydrogen) atoms. The van der Waals surface area contributed by atoms with Crippen LogP contribution in [0.4, 0.5) is 0 Å². The van der Waals surface area contributed by atoms with Crippen molar-refractivity contribution in [2.45, 2.75) is 122 Å². The number of aliphatic hydroxyl groups is 1. The zero-order valence-electron chi connectivity index (χ0n) is 25.1. The van der Waals surface area contributed by atoms with Gasteiger partial charge in [-0.05, 0) is 69.6 Å². The van der Waals surface area contributed by atoms with E-state index in [9.17, 15) is 19.5 Å². The SMILES string of the molecule is C=C1C(C(C)C2CC=C(C)C(=O)O2)CCC2(C)C1CC13CC4(O)C(CC(=O)OC(C)(C)C4C(OC(C)=O)CC12)OO3. The molecule has 5 fully saturated rings. The van der Waals surface area contributed by atoms with Gasteiger partial charge in [0.15, 0.2) is 0 Å². The maximum absolute atomic E-state index is 12.8. The molecule has 1 N–H and O–H groups in total. The molecule has 0 aromatic rings. The Morgan fingerprint density at radius 1 is 1.24 bits per heavy atom. The van der Waals surface area contributed by atoms with Crippen molar-refractivity contribution >= 4 is 17.9 Å². The molecular weight excluding hydrogens is 528 g/mol. The monoisotopic (exact) mass is 572 g/mol. The molecule has 0 amide bonds. The third kappa shape index (κ3) is 4.24. The number of rotatable bonds is 3. The molecule has 3 heterocycles. The molecule has 6 rings (SSSR count). The van der Waals surface area contributed by atoms with E-state index in [0.717, 1.165) is 18.4 Å². The van der Waals surface area contributed by atoms with E-state index in [1.807, 2.05) is 6.08 Å². The Morgan fingerprint density at radius 2 is 1.98 bits per heavy atom. The molecule has 9 nitrogen and oxygen atoms in total. The first-order chi connectivity index (χ1) is 19.1. The van der Waals surface area contributed by atoms with Gasteiger partial charge in [-0.3, -0.25) is 9.59 Å². The second kappa shape index (κ2) is 9.38. The molecule has 9 heteroatoms. The van der Waals surface area contributed by atoms with Crippen molar-refractivity contribution < 1.29 is 43.5 Å². The van der Waals surface area contributed by atoms with Gasteiger partial charge in [0.1, 0.15) is 35.1 Å². The fourth-order valence-corrected chi connectivity index (χ4v) is 9.99. The molecule has 3 aliphatic carbocycles. The van der Waals surface area contributed by atoms with Crippen molar-refractivity contribution in [1.29, 1.82) is 0 Å². The van der Waals surface area contributed by atoms with E-state index in [1.165, 1.54) is 6.92 Å². The van der Waals surface area contributed by atoms with E-state index >= 15 is 0 Å². The summed E-state index contributed by atoms with van der Waals surface area (Å²) in [7, 11) is 0. The van der Waals surface area contributed by atoms with E-state index < -0.39 is 46.9 Å². The molecular formula is C32H44O9. The first-order valence-electron chi connectivity index (χ1n) is 15.1. The van der Waals surface area contributed by atoms with Crippen molar-refractivity contribution in [3.05, 3.63) is 23.8 Å². The fourth-order valence-electron chi connectivity index (χ4n) is 9.99. The number of fused-ring (bicyclic) bond motifs is 2. The van der Waals surface area contributed by atoms with Gasteiger partial charge >= 0.3 is 17.9 Å². The third-order valence-electron chi connectivity index (χ3n) is 11.8. The molecule has 0 radical (unpaired) electrons. The van der Waals surface area contributed by atoms with Crippen LogP contribution in [-0.2, 0) is 38.4 Å². The number of hydrogen-bond donors (Lipinski definition) is 1. The van der Waals surface area contributed by atoms with Crippen LogP contribution in [0.2, 0.25) is 0 Å². The summed E-state index contributed by atoms with van der Waals surface area (Å²) in [5.41, 5.74) is -1.93. The summed E-state index contributed by atoms with van der Waals surface area (Å²) in [4.78, 5) is 49.8. The summed E-state index contributed by atoms with van der Waals surface area (Å²) in [6.07, 6.45) is 3.76. The van der Waals surface area contributed by atoms with Gasteiger partial charge in [-0.15, -0.1) is 0 Å². The predicted octanol–water partition coefficient (Wildman–Crippen LogP) is 4.36. The van der Waals surface area contributed by atoms with Crippen molar-refractivity contribution in [2.75, 3.05) is 0 Å². The van der Waals surface area contributed by atoms with Crippen LogP contribution in [0.3, 0.4) is 0 Å². The van der Waals surface area contributed by atoms with E-state index in [0.29, 0.717) is 24.8 Å². The van der Waals surface area contributed by atoms with Crippen LogP contribution in [0.5, 0.6) is 0 Å². The smallest absolute Gasteiger partial charge is 0.333 e.